The van der Waals surface area contributed by atoms with Gasteiger partial charge in [0.2, 0.25) is 5.91 Å². The number of nitrogens with one attached hydrogen (secondary N) is 1. The quantitative estimate of drug-likeness (QED) is 0.861. The van der Waals surface area contributed by atoms with Gasteiger partial charge >= 0.3 is 0 Å². The smallest absolute Gasteiger partial charge is 0.223 e. The molecule has 1 aromatic rings. The van der Waals surface area contributed by atoms with E-state index in [4.69, 9.17) is 9.47 Å². The maximum Gasteiger partial charge on any atom is 0.223 e. The van der Waals surface area contributed by atoms with Gasteiger partial charge in [0.1, 0.15) is 0 Å². The Kier molecular flexibility index (Phi) is 6.09. The number of hydrogen-bond donors (Lipinski definition) is 1. The topological polar surface area (TPSA) is 70.7 Å². The Balaban J connectivity index is 1.61. The van der Waals surface area contributed by atoms with Gasteiger partial charge in [0.15, 0.2) is 0 Å². The van der Waals surface area contributed by atoms with Crippen molar-refractivity contribution in [3.8, 4) is 0 Å². The van der Waals surface area contributed by atoms with E-state index in [1.54, 1.807) is 7.11 Å². The van der Waals surface area contributed by atoms with Crippen LogP contribution in [0.2, 0.25) is 0 Å². The first kappa shape index (κ1) is 18.4. The minimum absolute atomic E-state index is 0.160. The summed E-state index contributed by atoms with van der Waals surface area (Å²) in [5.74, 6) is 0.467. The lowest BCUT2D eigenvalue weighted by atomic mass is 9.90. The molecule has 2 aliphatic rings. The molecule has 0 radical (unpaired) electrons. The van der Waals surface area contributed by atoms with Gasteiger partial charge < -0.3 is 14.4 Å². The molecule has 2 saturated heterocycles. The molecular formula is C18H30N4O3. The molecule has 0 saturated carbocycles. The van der Waals surface area contributed by atoms with Gasteiger partial charge in [-0.05, 0) is 20.3 Å². The average molecular weight is 350 g/mol. The number of aryl methyl sites for hydroxylation is 2. The maximum absolute atomic E-state index is 12.6. The number of ether oxygens (including phenoxy) is 2. The molecule has 0 spiro atoms. The number of nitrogens with zero attached hydrogens (tertiary/aromatic N) is 3. The summed E-state index contributed by atoms with van der Waals surface area (Å²) in [4.78, 5) is 17.0. The highest BCUT2D eigenvalue weighted by Gasteiger charge is 2.32. The fraction of sp³-hybridized carbons (Fsp3) is 0.778. The Labute approximate surface area is 149 Å². The molecule has 2 atom stereocenters. The van der Waals surface area contributed by atoms with Crippen molar-refractivity contribution in [3.63, 3.8) is 0 Å². The molecule has 0 aromatic carbocycles. The normalized spacial score (nSPS) is 25.3. The van der Waals surface area contributed by atoms with Crippen molar-refractivity contribution in [1.29, 1.82) is 0 Å². The third-order valence-corrected chi connectivity index (χ3v) is 5.51. The van der Waals surface area contributed by atoms with Crippen LogP contribution in [0.4, 0.5) is 0 Å². The highest BCUT2D eigenvalue weighted by atomic mass is 16.5. The van der Waals surface area contributed by atoms with Crippen LogP contribution in [-0.4, -0.2) is 78.5 Å². The van der Waals surface area contributed by atoms with Crippen molar-refractivity contribution < 1.29 is 14.3 Å². The van der Waals surface area contributed by atoms with Gasteiger partial charge in [0, 0.05) is 63.4 Å². The van der Waals surface area contributed by atoms with Crippen LogP contribution in [0.15, 0.2) is 0 Å². The molecule has 0 bridgehead atoms. The number of likely N-dealkylation sites (tertiary alicyclic amines) is 1. The van der Waals surface area contributed by atoms with E-state index in [9.17, 15) is 4.79 Å². The first-order chi connectivity index (χ1) is 12.1. The summed E-state index contributed by atoms with van der Waals surface area (Å²) in [7, 11) is 1.76. The third kappa shape index (κ3) is 4.40. The van der Waals surface area contributed by atoms with E-state index < -0.39 is 0 Å². The lowest BCUT2D eigenvalue weighted by molar-refractivity contribution is -0.138. The number of methoxy groups -OCH3 is 1. The number of aromatic amines is 1. The van der Waals surface area contributed by atoms with Crippen LogP contribution in [-0.2, 0) is 20.8 Å². The second-order valence-electron chi connectivity index (χ2n) is 7.17. The Morgan fingerprint density at radius 1 is 1.32 bits per heavy atom. The Hall–Kier alpha value is -1.44. The van der Waals surface area contributed by atoms with Crippen molar-refractivity contribution in [3.05, 3.63) is 17.0 Å². The number of aromatic nitrogens is 2. The SMILES string of the molecule is CO[C@@H]1CCN(Cc2c(C)n[nH]c2C)C[C@H]1CC(=O)N1CCOCC1. The largest absolute Gasteiger partial charge is 0.381 e. The van der Waals surface area contributed by atoms with E-state index in [1.807, 2.05) is 11.8 Å². The van der Waals surface area contributed by atoms with Crippen LogP contribution in [0.25, 0.3) is 0 Å². The van der Waals surface area contributed by atoms with Crippen LogP contribution >= 0.6 is 0 Å². The zero-order chi connectivity index (χ0) is 17.8. The zero-order valence-electron chi connectivity index (χ0n) is 15.6. The maximum atomic E-state index is 12.6. The molecule has 0 aliphatic carbocycles. The van der Waals surface area contributed by atoms with Gasteiger partial charge in [-0.25, -0.2) is 0 Å². The van der Waals surface area contributed by atoms with Gasteiger partial charge in [-0.15, -0.1) is 0 Å². The second-order valence-corrected chi connectivity index (χ2v) is 7.17. The third-order valence-electron chi connectivity index (χ3n) is 5.51. The lowest BCUT2D eigenvalue weighted by Gasteiger charge is -2.38. The monoisotopic (exact) mass is 350 g/mol. The average Bonchev–Trinajstić information content (AvgIpc) is 2.95. The standard InChI is InChI=1S/C18H30N4O3/c1-13-16(14(2)20-19-13)12-21-5-4-17(24-3)15(11-21)10-18(23)22-6-8-25-9-7-22/h15,17H,4-12H2,1-3H3,(H,19,20)/t15-,17-/m1/s1. The summed E-state index contributed by atoms with van der Waals surface area (Å²) < 4.78 is 11.0. The number of carbonyl (C=O) groups excluding carboxylic acids is 1. The van der Waals surface area contributed by atoms with Gasteiger partial charge in [-0.2, -0.15) is 5.10 Å². The van der Waals surface area contributed by atoms with Crippen molar-refractivity contribution in [1.82, 2.24) is 20.0 Å². The van der Waals surface area contributed by atoms with Crippen molar-refractivity contribution in [2.24, 2.45) is 5.92 Å². The minimum atomic E-state index is 0.160. The number of morpholine rings is 1. The van der Waals surface area contributed by atoms with E-state index in [1.165, 1.54) is 5.56 Å². The van der Waals surface area contributed by atoms with E-state index in [0.717, 1.165) is 37.4 Å². The summed E-state index contributed by atoms with van der Waals surface area (Å²) in [6, 6.07) is 0. The molecule has 7 heteroatoms. The predicted octanol–water partition coefficient (Wildman–Crippen LogP) is 1.11. The highest BCUT2D eigenvalue weighted by molar-refractivity contribution is 5.76. The fourth-order valence-electron chi connectivity index (χ4n) is 3.93. The molecule has 2 fully saturated rings. The Morgan fingerprint density at radius 3 is 2.72 bits per heavy atom. The van der Waals surface area contributed by atoms with E-state index >= 15 is 0 Å². The summed E-state index contributed by atoms with van der Waals surface area (Å²) in [6.45, 7) is 9.58. The molecule has 7 nitrogen and oxygen atoms in total. The van der Waals surface area contributed by atoms with Gasteiger partial charge in [0.25, 0.3) is 0 Å². The minimum Gasteiger partial charge on any atom is -0.381 e. The van der Waals surface area contributed by atoms with Crippen LogP contribution in [0.3, 0.4) is 0 Å². The van der Waals surface area contributed by atoms with Gasteiger partial charge in [0.05, 0.1) is 25.0 Å². The number of piperidine rings is 1. The first-order valence-electron chi connectivity index (χ1n) is 9.19. The van der Waals surface area contributed by atoms with Crippen molar-refractivity contribution in [2.75, 3.05) is 46.5 Å². The predicted molar refractivity (Wildman–Crippen MR) is 94.3 cm³/mol. The molecule has 0 unspecified atom stereocenters. The molecule has 140 valence electrons. The van der Waals surface area contributed by atoms with Gasteiger partial charge in [-0.3, -0.25) is 14.8 Å². The van der Waals surface area contributed by atoms with Crippen LogP contribution < -0.4 is 0 Å². The summed E-state index contributed by atoms with van der Waals surface area (Å²) in [5, 5.41) is 7.35. The molecule has 2 aliphatic heterocycles. The lowest BCUT2D eigenvalue weighted by Crippen LogP contribution is -2.47. The molecular weight excluding hydrogens is 320 g/mol. The molecule has 1 aromatic heterocycles. The molecule has 25 heavy (non-hydrogen) atoms. The molecule has 1 N–H and O–H groups in total. The van der Waals surface area contributed by atoms with Gasteiger partial charge in [-0.1, -0.05) is 0 Å². The fourth-order valence-corrected chi connectivity index (χ4v) is 3.93. The van der Waals surface area contributed by atoms with Crippen LogP contribution in [0, 0.1) is 19.8 Å². The summed E-state index contributed by atoms with van der Waals surface area (Å²) >= 11 is 0. The summed E-state index contributed by atoms with van der Waals surface area (Å²) in [5.41, 5.74) is 3.47. The van der Waals surface area contributed by atoms with Crippen molar-refractivity contribution in [2.45, 2.75) is 39.3 Å². The number of H-pyrrole nitrogens is 1. The Morgan fingerprint density at radius 2 is 2.08 bits per heavy atom. The van der Waals surface area contributed by atoms with E-state index in [0.29, 0.717) is 32.7 Å². The summed E-state index contributed by atoms with van der Waals surface area (Å²) in [6.07, 6.45) is 1.68. The highest BCUT2D eigenvalue weighted by Crippen LogP contribution is 2.26. The number of rotatable bonds is 5. The molecule has 3 rings (SSSR count). The molecule has 3 heterocycles. The van der Waals surface area contributed by atoms with E-state index in [-0.39, 0.29) is 17.9 Å². The van der Waals surface area contributed by atoms with Crippen LogP contribution in [0.5, 0.6) is 0 Å². The van der Waals surface area contributed by atoms with Crippen molar-refractivity contribution >= 4 is 5.91 Å². The second kappa shape index (κ2) is 8.29. The van der Waals surface area contributed by atoms with E-state index in [2.05, 4.69) is 22.0 Å². The number of hydrogen-bond acceptors (Lipinski definition) is 5. The zero-order valence-corrected chi connectivity index (χ0v) is 15.6. The number of carbonyl (C=O) groups is 1. The molecule has 1 amide bonds. The van der Waals surface area contributed by atoms with Crippen LogP contribution in [0.1, 0.15) is 29.8 Å². The Bertz CT molecular complexity index is 563. The number of amides is 1. The first-order valence-corrected chi connectivity index (χ1v) is 9.19.